The number of amides is 1. The second kappa shape index (κ2) is 8.13. The summed E-state index contributed by atoms with van der Waals surface area (Å²) in [6.45, 7) is 6.96. The van der Waals surface area contributed by atoms with Crippen LogP contribution in [0.2, 0.25) is 0 Å². The Morgan fingerprint density at radius 1 is 1.15 bits per heavy atom. The number of ether oxygens (including phenoxy) is 3. The minimum atomic E-state index is -0.532. The fraction of sp³-hybridized carbons (Fsp3) is 0.381. The Morgan fingerprint density at radius 2 is 1.88 bits per heavy atom. The largest absolute Gasteiger partial charge is 0.486 e. The summed E-state index contributed by atoms with van der Waals surface area (Å²) in [7, 11) is 0. The third-order valence-corrected chi connectivity index (χ3v) is 4.45. The third kappa shape index (κ3) is 4.10. The number of rotatable bonds is 6. The molecule has 1 N–H and O–H groups in total. The number of benzene rings is 2. The number of carbonyl (C=O) groups excluding carboxylic acids is 1. The molecule has 2 aromatic carbocycles. The molecule has 1 aliphatic rings. The van der Waals surface area contributed by atoms with Crippen molar-refractivity contribution in [3.63, 3.8) is 0 Å². The molecule has 2 atom stereocenters. The summed E-state index contributed by atoms with van der Waals surface area (Å²) in [5.41, 5.74) is 1.98. The highest BCUT2D eigenvalue weighted by molar-refractivity contribution is 5.81. The van der Waals surface area contributed by atoms with Crippen LogP contribution in [0.5, 0.6) is 17.2 Å². The number of fused-ring (bicyclic) bond motifs is 1. The predicted molar refractivity (Wildman–Crippen MR) is 99.9 cm³/mol. The van der Waals surface area contributed by atoms with Gasteiger partial charge < -0.3 is 19.5 Å². The molecule has 0 unspecified atom stereocenters. The maximum absolute atomic E-state index is 12.7. The van der Waals surface area contributed by atoms with E-state index in [1.807, 2.05) is 63.2 Å². The van der Waals surface area contributed by atoms with Crippen LogP contribution in [-0.2, 0) is 4.79 Å². The molecule has 0 saturated heterocycles. The average Bonchev–Trinajstić information content (AvgIpc) is 2.66. The lowest BCUT2D eigenvalue weighted by atomic mass is 10.1. The number of carbonyl (C=O) groups is 1. The van der Waals surface area contributed by atoms with Gasteiger partial charge in [0.2, 0.25) is 0 Å². The van der Waals surface area contributed by atoms with Gasteiger partial charge in [0.1, 0.15) is 19.0 Å². The SMILES string of the molecule is CC[C@@H](Oc1ccccc1C)C(=O)N[C@H](C)c1ccc2c(c1)OCCO2. The van der Waals surface area contributed by atoms with Crippen LogP contribution >= 0.6 is 0 Å². The van der Waals surface area contributed by atoms with Crippen molar-refractivity contribution in [3.8, 4) is 17.2 Å². The molecule has 5 nitrogen and oxygen atoms in total. The van der Waals surface area contributed by atoms with Gasteiger partial charge in [-0.25, -0.2) is 0 Å². The molecule has 0 saturated carbocycles. The second-order valence-corrected chi connectivity index (χ2v) is 6.41. The van der Waals surface area contributed by atoms with Crippen LogP contribution in [0.4, 0.5) is 0 Å². The highest BCUT2D eigenvalue weighted by atomic mass is 16.6. The van der Waals surface area contributed by atoms with E-state index in [1.165, 1.54) is 0 Å². The van der Waals surface area contributed by atoms with E-state index in [-0.39, 0.29) is 11.9 Å². The summed E-state index contributed by atoms with van der Waals surface area (Å²) < 4.78 is 17.1. The third-order valence-electron chi connectivity index (χ3n) is 4.45. The first-order chi connectivity index (χ1) is 12.6. The standard InChI is InChI=1S/C21H25NO4/c1-4-17(26-18-8-6-5-7-14(18)2)21(23)22-15(3)16-9-10-19-20(13-16)25-12-11-24-19/h5-10,13,15,17H,4,11-12H2,1-3H3,(H,22,23)/t15-,17-/m1/s1. The van der Waals surface area contributed by atoms with Crippen LogP contribution in [-0.4, -0.2) is 25.2 Å². The van der Waals surface area contributed by atoms with E-state index in [0.717, 1.165) is 28.4 Å². The van der Waals surface area contributed by atoms with E-state index in [0.29, 0.717) is 19.6 Å². The van der Waals surface area contributed by atoms with Gasteiger partial charge in [-0.05, 0) is 49.6 Å². The summed E-state index contributed by atoms with van der Waals surface area (Å²) in [6.07, 6.45) is 0.0596. The molecule has 3 rings (SSSR count). The minimum Gasteiger partial charge on any atom is -0.486 e. The Labute approximate surface area is 154 Å². The lowest BCUT2D eigenvalue weighted by molar-refractivity contribution is -0.128. The predicted octanol–water partition coefficient (Wildman–Crippen LogP) is 3.80. The van der Waals surface area contributed by atoms with Crippen LogP contribution in [0.1, 0.15) is 37.4 Å². The molecule has 26 heavy (non-hydrogen) atoms. The lowest BCUT2D eigenvalue weighted by Gasteiger charge is -2.23. The Kier molecular flexibility index (Phi) is 5.66. The Morgan fingerprint density at radius 3 is 2.62 bits per heavy atom. The number of hydrogen-bond donors (Lipinski definition) is 1. The van der Waals surface area contributed by atoms with Crippen LogP contribution in [0.3, 0.4) is 0 Å². The van der Waals surface area contributed by atoms with Gasteiger partial charge in [-0.3, -0.25) is 4.79 Å². The zero-order chi connectivity index (χ0) is 18.5. The maximum Gasteiger partial charge on any atom is 0.261 e. The molecule has 0 spiro atoms. The Balaban J connectivity index is 1.66. The van der Waals surface area contributed by atoms with E-state index in [9.17, 15) is 4.79 Å². The van der Waals surface area contributed by atoms with E-state index < -0.39 is 6.10 Å². The molecule has 2 aromatic rings. The van der Waals surface area contributed by atoms with Gasteiger partial charge in [-0.2, -0.15) is 0 Å². The summed E-state index contributed by atoms with van der Waals surface area (Å²) in [5, 5.41) is 3.03. The first-order valence-corrected chi connectivity index (χ1v) is 9.00. The first kappa shape index (κ1) is 18.1. The summed E-state index contributed by atoms with van der Waals surface area (Å²) >= 11 is 0. The second-order valence-electron chi connectivity index (χ2n) is 6.41. The molecule has 0 aliphatic carbocycles. The van der Waals surface area contributed by atoms with E-state index in [4.69, 9.17) is 14.2 Å². The highest BCUT2D eigenvalue weighted by Crippen LogP contribution is 2.32. The number of hydrogen-bond acceptors (Lipinski definition) is 4. The molecule has 5 heteroatoms. The lowest BCUT2D eigenvalue weighted by Crippen LogP contribution is -2.39. The Hall–Kier alpha value is -2.69. The normalized spacial score (nSPS) is 15.0. The van der Waals surface area contributed by atoms with Crippen molar-refractivity contribution >= 4 is 5.91 Å². The van der Waals surface area contributed by atoms with E-state index >= 15 is 0 Å². The van der Waals surface area contributed by atoms with Crippen LogP contribution in [0.25, 0.3) is 0 Å². The van der Waals surface area contributed by atoms with Crippen molar-refractivity contribution in [1.29, 1.82) is 0 Å². The zero-order valence-corrected chi connectivity index (χ0v) is 15.5. The van der Waals surface area contributed by atoms with E-state index in [2.05, 4.69) is 5.32 Å². The van der Waals surface area contributed by atoms with Crippen molar-refractivity contribution < 1.29 is 19.0 Å². The molecule has 1 aliphatic heterocycles. The van der Waals surface area contributed by atoms with Crippen LogP contribution in [0.15, 0.2) is 42.5 Å². The van der Waals surface area contributed by atoms with Gasteiger partial charge in [0.05, 0.1) is 6.04 Å². The van der Waals surface area contributed by atoms with Crippen molar-refractivity contribution in [2.45, 2.75) is 39.3 Å². The molecular formula is C21H25NO4. The Bertz CT molecular complexity index is 774. The molecule has 0 aromatic heterocycles. The summed E-state index contributed by atoms with van der Waals surface area (Å²) in [4.78, 5) is 12.7. The van der Waals surface area contributed by atoms with Gasteiger partial charge in [0.25, 0.3) is 5.91 Å². The summed E-state index contributed by atoms with van der Waals surface area (Å²) in [6, 6.07) is 13.3. The zero-order valence-electron chi connectivity index (χ0n) is 15.5. The quantitative estimate of drug-likeness (QED) is 0.856. The molecule has 0 bridgehead atoms. The first-order valence-electron chi connectivity index (χ1n) is 9.00. The number of nitrogens with one attached hydrogen (secondary N) is 1. The van der Waals surface area contributed by atoms with Crippen molar-refractivity contribution in [3.05, 3.63) is 53.6 Å². The van der Waals surface area contributed by atoms with Crippen LogP contribution < -0.4 is 19.5 Å². The van der Waals surface area contributed by atoms with Gasteiger partial charge in [0.15, 0.2) is 17.6 Å². The number of para-hydroxylation sites is 1. The van der Waals surface area contributed by atoms with Crippen molar-refractivity contribution in [2.24, 2.45) is 0 Å². The van der Waals surface area contributed by atoms with Crippen molar-refractivity contribution in [2.75, 3.05) is 13.2 Å². The van der Waals surface area contributed by atoms with Gasteiger partial charge in [-0.15, -0.1) is 0 Å². The van der Waals surface area contributed by atoms with Crippen LogP contribution in [0, 0.1) is 6.92 Å². The minimum absolute atomic E-state index is 0.127. The topological polar surface area (TPSA) is 56.8 Å². The molecular weight excluding hydrogens is 330 g/mol. The fourth-order valence-electron chi connectivity index (χ4n) is 2.88. The number of aryl methyl sites for hydroxylation is 1. The van der Waals surface area contributed by atoms with Gasteiger partial charge in [0, 0.05) is 0 Å². The molecule has 0 radical (unpaired) electrons. The average molecular weight is 355 g/mol. The summed E-state index contributed by atoms with van der Waals surface area (Å²) in [5.74, 6) is 2.07. The molecule has 0 fully saturated rings. The smallest absolute Gasteiger partial charge is 0.261 e. The molecule has 138 valence electrons. The maximum atomic E-state index is 12.7. The molecule has 1 amide bonds. The van der Waals surface area contributed by atoms with E-state index in [1.54, 1.807) is 0 Å². The molecule has 1 heterocycles. The highest BCUT2D eigenvalue weighted by Gasteiger charge is 2.22. The van der Waals surface area contributed by atoms with Crippen molar-refractivity contribution in [1.82, 2.24) is 5.32 Å². The van der Waals surface area contributed by atoms with Gasteiger partial charge >= 0.3 is 0 Å². The van der Waals surface area contributed by atoms with Gasteiger partial charge in [-0.1, -0.05) is 31.2 Å². The fourth-order valence-corrected chi connectivity index (χ4v) is 2.88. The monoisotopic (exact) mass is 355 g/mol.